The number of aromatic nitrogens is 1. The molecule has 2 heterocycles. The molecule has 41 heavy (non-hydrogen) atoms. The third-order valence-electron chi connectivity index (χ3n) is 7.83. The van der Waals surface area contributed by atoms with Crippen molar-refractivity contribution in [3.05, 3.63) is 123 Å². The van der Waals surface area contributed by atoms with Crippen molar-refractivity contribution in [3.63, 3.8) is 0 Å². The maximum Gasteiger partial charge on any atom is 0.0184 e. The van der Waals surface area contributed by atoms with Gasteiger partial charge in [-0.05, 0) is 115 Å². The topological polar surface area (TPSA) is 20.6 Å². The molecule has 4 heteroatoms. The Bertz CT molecular complexity index is 1620. The van der Waals surface area contributed by atoms with Crippen LogP contribution in [0.15, 0.2) is 60.9 Å². The fourth-order valence-electron chi connectivity index (χ4n) is 6.52. The standard InChI is InChI=1S/C21H25N2.C16H16N.Au/c1-14-9-16(3)20(17(4)10-14)22-7-8-23(13-22)21-18(5)11-15(2)12-19(21)6;1-9-5-11(3)15-13(7-9)14-8-10(2)6-12(4)16(14)17-15;/h7-13H,1-6H3;5-8H,1-4H3;/q2*-1;. The van der Waals surface area contributed by atoms with E-state index in [1.807, 2.05) is 0 Å². The van der Waals surface area contributed by atoms with Crippen molar-refractivity contribution in [2.45, 2.75) is 69.2 Å². The molecule has 0 spiro atoms. The van der Waals surface area contributed by atoms with Crippen LogP contribution in [0.4, 0.5) is 11.4 Å². The van der Waals surface area contributed by atoms with Crippen molar-refractivity contribution >= 4 is 33.2 Å². The Hall–Kier alpha value is -3.24. The molecule has 0 bridgehead atoms. The van der Waals surface area contributed by atoms with E-state index >= 15 is 0 Å². The van der Waals surface area contributed by atoms with E-state index < -0.39 is 0 Å². The minimum atomic E-state index is 0. The summed E-state index contributed by atoms with van der Waals surface area (Å²) in [5.41, 5.74) is 17.9. The van der Waals surface area contributed by atoms with Crippen LogP contribution in [0.25, 0.3) is 21.8 Å². The number of fused-ring (bicyclic) bond motifs is 3. The van der Waals surface area contributed by atoms with Crippen molar-refractivity contribution < 1.29 is 22.4 Å². The molecule has 0 amide bonds. The van der Waals surface area contributed by atoms with Crippen molar-refractivity contribution in [2.75, 3.05) is 9.80 Å². The summed E-state index contributed by atoms with van der Waals surface area (Å²) in [7, 11) is 0. The average Bonchev–Trinajstić information content (AvgIpc) is 3.44. The smallest absolute Gasteiger partial charge is 0.0184 e. The van der Waals surface area contributed by atoms with Crippen LogP contribution in [-0.2, 0) is 22.4 Å². The van der Waals surface area contributed by atoms with Gasteiger partial charge < -0.3 is 14.8 Å². The van der Waals surface area contributed by atoms with Crippen molar-refractivity contribution in [2.24, 2.45) is 0 Å². The van der Waals surface area contributed by atoms with Gasteiger partial charge in [0.15, 0.2) is 0 Å². The van der Waals surface area contributed by atoms with E-state index in [0.717, 1.165) is 11.0 Å². The molecule has 1 radical (unpaired) electrons. The van der Waals surface area contributed by atoms with Gasteiger partial charge in [-0.3, -0.25) is 0 Å². The van der Waals surface area contributed by atoms with Gasteiger partial charge in [-0.1, -0.05) is 81.9 Å². The summed E-state index contributed by atoms with van der Waals surface area (Å²) in [6, 6.07) is 17.9. The normalized spacial score (nSPS) is 12.6. The first-order valence-electron chi connectivity index (χ1n) is 14.1. The van der Waals surface area contributed by atoms with Gasteiger partial charge in [-0.2, -0.15) is 0 Å². The maximum absolute atomic E-state index is 4.80. The Labute approximate surface area is 261 Å². The minimum Gasteiger partial charge on any atom is -0.656 e. The van der Waals surface area contributed by atoms with Gasteiger partial charge in [0.2, 0.25) is 0 Å². The Morgan fingerprint density at radius 2 is 0.732 bits per heavy atom. The molecule has 0 unspecified atom stereocenters. The summed E-state index contributed by atoms with van der Waals surface area (Å²) < 4.78 is 0. The van der Waals surface area contributed by atoms with Crippen LogP contribution in [0, 0.1) is 75.9 Å². The molecule has 0 N–H and O–H groups in total. The average molecular weight is 725 g/mol. The van der Waals surface area contributed by atoms with Gasteiger partial charge in [0.1, 0.15) is 0 Å². The summed E-state index contributed by atoms with van der Waals surface area (Å²) >= 11 is 0. The Kier molecular flexibility index (Phi) is 8.94. The first-order valence-corrected chi connectivity index (χ1v) is 14.1. The second-order valence-corrected chi connectivity index (χ2v) is 11.8. The number of anilines is 2. The molecule has 1 aliphatic heterocycles. The number of hydrogen-bond acceptors (Lipinski definition) is 2. The van der Waals surface area contributed by atoms with E-state index in [1.54, 1.807) is 0 Å². The third-order valence-corrected chi connectivity index (χ3v) is 7.83. The summed E-state index contributed by atoms with van der Waals surface area (Å²) in [6.45, 7) is 23.8. The summed E-state index contributed by atoms with van der Waals surface area (Å²) in [5, 5.41) is 2.59. The van der Waals surface area contributed by atoms with E-state index in [2.05, 4.69) is 147 Å². The monoisotopic (exact) mass is 724 g/mol. The molecule has 1 aliphatic rings. The molecule has 4 aromatic carbocycles. The van der Waals surface area contributed by atoms with E-state index in [0.29, 0.717) is 0 Å². The van der Waals surface area contributed by atoms with Crippen LogP contribution in [0.3, 0.4) is 0 Å². The number of aryl methyl sites for hydroxylation is 10. The minimum absolute atomic E-state index is 0. The number of rotatable bonds is 2. The fraction of sp³-hybridized carbons (Fsp3) is 0.270. The molecule has 217 valence electrons. The molecule has 0 saturated carbocycles. The zero-order valence-corrected chi connectivity index (χ0v) is 28.2. The van der Waals surface area contributed by atoms with Crippen molar-refractivity contribution in [1.82, 2.24) is 4.98 Å². The van der Waals surface area contributed by atoms with Crippen molar-refractivity contribution in [1.29, 1.82) is 0 Å². The summed E-state index contributed by atoms with van der Waals surface area (Å²) in [4.78, 5) is 9.25. The first kappa shape index (κ1) is 30.7. The van der Waals surface area contributed by atoms with Crippen LogP contribution >= 0.6 is 0 Å². The predicted molar refractivity (Wildman–Crippen MR) is 173 cm³/mol. The SMILES string of the molecule is Cc1cc(C)c(N2C=CN(c3c(C)cc(C)cc3C)[CH-]2)c(C)c1.Cc1cc(C)c2[n-]c3c(C)cc(C)cc3c2c1.[Au]. The van der Waals surface area contributed by atoms with Crippen LogP contribution in [0.2, 0.25) is 0 Å². The Balaban J connectivity index is 0.000000192. The van der Waals surface area contributed by atoms with Crippen LogP contribution in [-0.4, -0.2) is 0 Å². The largest absolute Gasteiger partial charge is 0.656 e. The second kappa shape index (κ2) is 11.9. The molecule has 0 atom stereocenters. The zero-order chi connectivity index (χ0) is 28.9. The first-order chi connectivity index (χ1) is 18.9. The molecule has 1 aromatic heterocycles. The molecular formula is C37H41AuN3-2. The van der Waals surface area contributed by atoms with Crippen LogP contribution in [0.5, 0.6) is 0 Å². The summed E-state index contributed by atoms with van der Waals surface area (Å²) in [6.07, 6.45) is 4.28. The van der Waals surface area contributed by atoms with E-state index in [4.69, 9.17) is 4.98 Å². The maximum atomic E-state index is 4.80. The molecule has 3 nitrogen and oxygen atoms in total. The molecule has 6 rings (SSSR count). The molecular weight excluding hydrogens is 683 g/mol. The fourth-order valence-corrected chi connectivity index (χ4v) is 6.52. The van der Waals surface area contributed by atoms with E-state index in [-0.39, 0.29) is 22.4 Å². The van der Waals surface area contributed by atoms with Gasteiger partial charge in [-0.15, -0.1) is 17.7 Å². The van der Waals surface area contributed by atoms with Gasteiger partial charge in [0.05, 0.1) is 0 Å². The molecule has 5 aromatic rings. The van der Waals surface area contributed by atoms with Gasteiger partial charge in [0, 0.05) is 33.8 Å². The molecule has 0 saturated heterocycles. The zero-order valence-electron chi connectivity index (χ0n) is 26.0. The quantitative estimate of drug-likeness (QED) is 0.134. The summed E-state index contributed by atoms with van der Waals surface area (Å²) in [5.74, 6) is 0. The number of hydrogen-bond donors (Lipinski definition) is 0. The molecule has 0 fully saturated rings. The molecule has 0 aliphatic carbocycles. The third kappa shape index (κ3) is 6.04. The number of nitrogens with zero attached hydrogens (tertiary/aromatic N) is 3. The van der Waals surface area contributed by atoms with E-state index in [1.165, 1.54) is 77.8 Å². The number of benzene rings is 4. The second-order valence-electron chi connectivity index (χ2n) is 11.8. The predicted octanol–water partition coefficient (Wildman–Crippen LogP) is 9.64. The van der Waals surface area contributed by atoms with Gasteiger partial charge in [0.25, 0.3) is 0 Å². The Morgan fingerprint density at radius 3 is 1.07 bits per heavy atom. The van der Waals surface area contributed by atoms with Gasteiger partial charge in [-0.25, -0.2) is 0 Å². The van der Waals surface area contributed by atoms with E-state index in [9.17, 15) is 0 Å². The Morgan fingerprint density at radius 1 is 0.439 bits per heavy atom. The van der Waals surface area contributed by atoms with Crippen molar-refractivity contribution in [3.8, 4) is 0 Å². The van der Waals surface area contributed by atoms with Crippen LogP contribution in [0.1, 0.15) is 55.6 Å². The van der Waals surface area contributed by atoms with Gasteiger partial charge >= 0.3 is 0 Å². The van der Waals surface area contributed by atoms with Crippen LogP contribution < -0.4 is 14.8 Å².